The molecule has 1 aromatic heterocycles. The maximum atomic E-state index is 12.6. The van der Waals surface area contributed by atoms with E-state index in [1.54, 1.807) is 0 Å². The quantitative estimate of drug-likeness (QED) is 0.854. The van der Waals surface area contributed by atoms with Gasteiger partial charge in [0.1, 0.15) is 11.1 Å². The highest BCUT2D eigenvalue weighted by Gasteiger charge is 2.50. The van der Waals surface area contributed by atoms with Gasteiger partial charge in [-0.2, -0.15) is 13.2 Å². The second kappa shape index (κ2) is 3.69. The van der Waals surface area contributed by atoms with E-state index in [1.165, 1.54) is 0 Å². The summed E-state index contributed by atoms with van der Waals surface area (Å²) in [5.74, 6) is -0.472. The molecule has 0 aliphatic heterocycles. The molecule has 16 heavy (non-hydrogen) atoms. The van der Waals surface area contributed by atoms with Crippen LogP contribution >= 0.6 is 0 Å². The van der Waals surface area contributed by atoms with E-state index in [4.69, 9.17) is 0 Å². The Balaban J connectivity index is 2.98. The zero-order valence-corrected chi connectivity index (χ0v) is 8.46. The molecule has 1 aromatic rings. The number of rotatable bonds is 2. The van der Waals surface area contributed by atoms with Gasteiger partial charge < -0.3 is 15.0 Å². The number of primary amides is 1. The lowest BCUT2D eigenvalue weighted by Gasteiger charge is -2.24. The number of carbonyl (C=O) groups is 1. The van der Waals surface area contributed by atoms with Crippen LogP contribution in [0.5, 0.6) is 5.95 Å². The Kier molecular flexibility index (Phi) is 2.85. The van der Waals surface area contributed by atoms with E-state index < -0.39 is 29.3 Å². The lowest BCUT2D eigenvalue weighted by atomic mass is 9.89. The Morgan fingerprint density at radius 3 is 2.50 bits per heavy atom. The van der Waals surface area contributed by atoms with Crippen LogP contribution in [0.2, 0.25) is 0 Å². The molecule has 2 N–H and O–H groups in total. The normalized spacial score (nSPS) is 12.6. The van der Waals surface area contributed by atoms with Crippen LogP contribution < -0.4 is 10.5 Å². The molecular weight excluding hydrogens is 229 g/mol. The molecule has 0 radical (unpaired) electrons. The number of nitrogens with zero attached hydrogens (tertiary/aromatic N) is 1. The molecule has 90 valence electrons. The highest BCUT2D eigenvalue weighted by molar-refractivity contribution is 5.67. The molecule has 1 rings (SSSR count). The summed E-state index contributed by atoms with van der Waals surface area (Å²) >= 11 is 0. The number of hydrogen-bond donors (Lipinski definition) is 1. The Morgan fingerprint density at radius 2 is 2.06 bits per heavy atom. The van der Waals surface area contributed by atoms with Crippen LogP contribution in [-0.2, 0) is 5.41 Å². The number of hydrogen-bond acceptors (Lipinski definition) is 4. The minimum Gasteiger partial charge on any atom is -0.374 e. The fraction of sp³-hybridized carbons (Fsp3) is 0.500. The molecule has 1 amide bonds. The Hall–Kier alpha value is -1.73. The van der Waals surface area contributed by atoms with Gasteiger partial charge in [-0.15, -0.1) is 0 Å². The molecule has 0 aliphatic carbocycles. The van der Waals surface area contributed by atoms with Gasteiger partial charge in [-0.05, 0) is 13.8 Å². The standard InChI is InChI=1S/C8H9F3N2O3/c1-7(2,8(9,10)11)4-3-5(16-13-4)15-6(12)14/h3H,1-2H3,(H2,12,14). The van der Waals surface area contributed by atoms with Crippen LogP contribution in [0.15, 0.2) is 10.6 Å². The average molecular weight is 238 g/mol. The summed E-state index contributed by atoms with van der Waals surface area (Å²) in [7, 11) is 0. The van der Waals surface area contributed by atoms with E-state index in [-0.39, 0.29) is 0 Å². The Bertz CT molecular complexity index is 397. The molecule has 0 spiro atoms. The predicted molar refractivity (Wildman–Crippen MR) is 45.8 cm³/mol. The Morgan fingerprint density at radius 1 is 1.50 bits per heavy atom. The second-order valence-electron chi connectivity index (χ2n) is 3.58. The van der Waals surface area contributed by atoms with E-state index in [2.05, 4.69) is 20.2 Å². The summed E-state index contributed by atoms with van der Waals surface area (Å²) in [5, 5.41) is 3.18. The third kappa shape index (κ3) is 2.26. The maximum absolute atomic E-state index is 12.6. The smallest absolute Gasteiger partial charge is 0.374 e. The van der Waals surface area contributed by atoms with Crippen LogP contribution in [-0.4, -0.2) is 17.4 Å². The SMILES string of the molecule is CC(C)(c1cc(OC(N)=O)on1)C(F)(F)F. The van der Waals surface area contributed by atoms with Crippen molar-refractivity contribution in [2.75, 3.05) is 0 Å². The van der Waals surface area contributed by atoms with Crippen LogP contribution in [0.25, 0.3) is 0 Å². The second-order valence-corrected chi connectivity index (χ2v) is 3.58. The van der Waals surface area contributed by atoms with Crippen molar-refractivity contribution in [3.8, 4) is 5.95 Å². The predicted octanol–water partition coefficient (Wildman–Crippen LogP) is 1.97. The molecule has 0 aromatic carbocycles. The summed E-state index contributed by atoms with van der Waals surface area (Å²) in [6, 6.07) is 0.873. The molecule has 0 aliphatic rings. The van der Waals surface area contributed by atoms with Crippen molar-refractivity contribution >= 4 is 6.09 Å². The first-order valence-corrected chi connectivity index (χ1v) is 4.16. The number of amides is 1. The van der Waals surface area contributed by atoms with Crippen LogP contribution in [0.1, 0.15) is 19.5 Å². The van der Waals surface area contributed by atoms with Crippen molar-refractivity contribution in [1.29, 1.82) is 0 Å². The molecule has 0 fully saturated rings. The zero-order valence-electron chi connectivity index (χ0n) is 8.46. The summed E-state index contributed by atoms with van der Waals surface area (Å²) in [5.41, 5.74) is 2.07. The maximum Gasteiger partial charge on any atom is 0.412 e. The molecule has 0 bridgehead atoms. The van der Waals surface area contributed by atoms with Crippen molar-refractivity contribution in [3.05, 3.63) is 11.8 Å². The van der Waals surface area contributed by atoms with Gasteiger partial charge in [0.15, 0.2) is 0 Å². The van der Waals surface area contributed by atoms with Crippen LogP contribution in [0, 0.1) is 0 Å². The van der Waals surface area contributed by atoms with Gasteiger partial charge in [0.05, 0.1) is 0 Å². The fourth-order valence-electron chi connectivity index (χ4n) is 0.845. The van der Waals surface area contributed by atoms with Crippen molar-refractivity contribution in [2.45, 2.75) is 25.4 Å². The molecule has 0 saturated heterocycles. The first-order valence-electron chi connectivity index (χ1n) is 4.16. The summed E-state index contributed by atoms with van der Waals surface area (Å²) in [6.07, 6.45) is -5.68. The van der Waals surface area contributed by atoms with Crippen LogP contribution in [0.3, 0.4) is 0 Å². The van der Waals surface area contributed by atoms with Gasteiger partial charge in [0, 0.05) is 6.07 Å². The topological polar surface area (TPSA) is 78.4 Å². The third-order valence-corrected chi connectivity index (χ3v) is 2.04. The van der Waals surface area contributed by atoms with Crippen molar-refractivity contribution in [2.24, 2.45) is 5.73 Å². The summed E-state index contributed by atoms with van der Waals surface area (Å²) in [6.45, 7) is 1.86. The van der Waals surface area contributed by atoms with E-state index in [0.717, 1.165) is 19.9 Å². The van der Waals surface area contributed by atoms with E-state index in [0.29, 0.717) is 0 Å². The van der Waals surface area contributed by atoms with Gasteiger partial charge in [-0.3, -0.25) is 0 Å². The number of halogens is 3. The van der Waals surface area contributed by atoms with Gasteiger partial charge in [-0.25, -0.2) is 4.79 Å². The highest BCUT2D eigenvalue weighted by atomic mass is 19.4. The average Bonchev–Trinajstić information content (AvgIpc) is 2.49. The van der Waals surface area contributed by atoms with E-state index >= 15 is 0 Å². The van der Waals surface area contributed by atoms with Crippen molar-refractivity contribution in [3.63, 3.8) is 0 Å². The minimum atomic E-state index is -4.49. The fourth-order valence-corrected chi connectivity index (χ4v) is 0.845. The number of carbonyl (C=O) groups excluding carboxylic acids is 1. The number of nitrogens with two attached hydrogens (primary N) is 1. The minimum absolute atomic E-state index is 0.392. The van der Waals surface area contributed by atoms with Gasteiger partial charge in [0.25, 0.3) is 0 Å². The summed E-state index contributed by atoms with van der Waals surface area (Å²) < 4.78 is 46.4. The third-order valence-electron chi connectivity index (χ3n) is 2.04. The molecule has 1 heterocycles. The molecule has 8 heteroatoms. The molecule has 5 nitrogen and oxygen atoms in total. The first-order chi connectivity index (χ1) is 7.14. The monoisotopic (exact) mass is 238 g/mol. The zero-order chi connectivity index (χ0) is 12.6. The lowest BCUT2D eigenvalue weighted by Crippen LogP contribution is -2.36. The van der Waals surface area contributed by atoms with Gasteiger partial charge in [0.2, 0.25) is 0 Å². The number of aromatic nitrogens is 1. The van der Waals surface area contributed by atoms with E-state index in [1.807, 2.05) is 0 Å². The summed E-state index contributed by atoms with van der Waals surface area (Å²) in [4.78, 5) is 10.3. The van der Waals surface area contributed by atoms with E-state index in [9.17, 15) is 18.0 Å². The molecule has 0 unspecified atom stereocenters. The molecular formula is C8H9F3N2O3. The van der Waals surface area contributed by atoms with Gasteiger partial charge >= 0.3 is 18.2 Å². The van der Waals surface area contributed by atoms with Gasteiger partial charge in [-0.1, -0.05) is 5.16 Å². The largest absolute Gasteiger partial charge is 0.412 e. The number of ether oxygens (including phenoxy) is 1. The van der Waals surface area contributed by atoms with Crippen LogP contribution in [0.4, 0.5) is 18.0 Å². The number of alkyl halides is 3. The molecule has 0 saturated carbocycles. The molecule has 0 atom stereocenters. The highest BCUT2D eigenvalue weighted by Crippen LogP contribution is 2.40. The van der Waals surface area contributed by atoms with Crippen molar-refractivity contribution < 1.29 is 27.2 Å². The lowest BCUT2D eigenvalue weighted by molar-refractivity contribution is -0.181. The van der Waals surface area contributed by atoms with Crippen molar-refractivity contribution in [1.82, 2.24) is 5.16 Å². The first kappa shape index (κ1) is 12.3. The Labute approximate surface area is 88.3 Å².